The van der Waals surface area contributed by atoms with Crippen molar-refractivity contribution in [3.63, 3.8) is 0 Å². The van der Waals surface area contributed by atoms with Crippen LogP contribution in [0.1, 0.15) is 44.1 Å². The van der Waals surface area contributed by atoms with Crippen LogP contribution in [-0.2, 0) is 6.54 Å². The lowest BCUT2D eigenvalue weighted by Gasteiger charge is -2.47. The molecule has 1 heterocycles. The summed E-state index contributed by atoms with van der Waals surface area (Å²) in [4.78, 5) is 2.73. The molecule has 0 aromatic heterocycles. The van der Waals surface area contributed by atoms with E-state index in [4.69, 9.17) is 0 Å². The lowest BCUT2D eigenvalue weighted by Crippen LogP contribution is -2.63. The first-order valence-corrected chi connectivity index (χ1v) is 8.51. The van der Waals surface area contributed by atoms with E-state index in [9.17, 15) is 5.11 Å². The first-order valence-electron chi connectivity index (χ1n) is 8.51. The van der Waals surface area contributed by atoms with Gasteiger partial charge in [-0.05, 0) is 49.3 Å². The fraction of sp³-hybridized carbons (Fsp3) is 0.667. The number of aromatic hydroxyl groups is 1. The highest BCUT2D eigenvalue weighted by molar-refractivity contribution is 5.26. The number of nitrogens with zero attached hydrogens (tertiary/aromatic N) is 1. The van der Waals surface area contributed by atoms with Crippen LogP contribution in [0.5, 0.6) is 5.75 Å². The normalized spacial score (nSPS) is 29.0. The van der Waals surface area contributed by atoms with Gasteiger partial charge in [0.15, 0.2) is 0 Å². The molecule has 0 radical (unpaired) electrons. The predicted molar refractivity (Wildman–Crippen MR) is 84.2 cm³/mol. The zero-order chi connectivity index (χ0) is 14.3. The van der Waals surface area contributed by atoms with Crippen LogP contribution in [0.25, 0.3) is 0 Å². The van der Waals surface area contributed by atoms with Gasteiger partial charge in [0.1, 0.15) is 5.75 Å². The Hall–Kier alpha value is -1.06. The zero-order valence-electron chi connectivity index (χ0n) is 12.7. The second-order valence-electron chi connectivity index (χ2n) is 7.34. The molecule has 21 heavy (non-hydrogen) atoms. The van der Waals surface area contributed by atoms with E-state index in [0.29, 0.717) is 17.3 Å². The summed E-state index contributed by atoms with van der Waals surface area (Å²) < 4.78 is 0. The molecule has 4 rings (SSSR count). The summed E-state index contributed by atoms with van der Waals surface area (Å²) in [5, 5.41) is 13.4. The summed E-state index contributed by atoms with van der Waals surface area (Å²) in [6, 6.07) is 8.49. The third-order valence-electron chi connectivity index (χ3n) is 5.71. The summed E-state index contributed by atoms with van der Waals surface area (Å²) in [7, 11) is 0. The third-order valence-corrected chi connectivity index (χ3v) is 5.71. The van der Waals surface area contributed by atoms with Crippen molar-refractivity contribution in [3.8, 4) is 5.75 Å². The molecule has 1 atom stereocenters. The monoisotopic (exact) mass is 286 g/mol. The van der Waals surface area contributed by atoms with E-state index < -0.39 is 0 Å². The Bertz CT molecular complexity index is 488. The Kier molecular flexibility index (Phi) is 3.43. The lowest BCUT2D eigenvalue weighted by molar-refractivity contribution is 0.0627. The second-order valence-corrected chi connectivity index (χ2v) is 7.34. The molecular formula is C18H26N2O. The quantitative estimate of drug-likeness (QED) is 0.897. The van der Waals surface area contributed by atoms with Crippen molar-refractivity contribution in [3.05, 3.63) is 29.8 Å². The van der Waals surface area contributed by atoms with E-state index in [2.05, 4.69) is 22.3 Å². The smallest absolute Gasteiger partial charge is 0.115 e. The van der Waals surface area contributed by atoms with E-state index in [1.807, 2.05) is 12.1 Å². The molecule has 1 aliphatic heterocycles. The van der Waals surface area contributed by atoms with Crippen LogP contribution in [0.4, 0.5) is 0 Å². The molecule has 1 spiro atoms. The standard InChI is InChI=1S/C18H26N2O/c21-16-7-3-14(4-8-16)12-20-13-18(9-1-2-10-18)19-11-17(20)15-5-6-15/h3-4,7-8,15,17,19,21H,1-2,5-6,9-13H2. The molecule has 1 unspecified atom stereocenters. The Balaban J connectivity index is 1.51. The van der Waals surface area contributed by atoms with Gasteiger partial charge >= 0.3 is 0 Å². The first kappa shape index (κ1) is 13.6. The third kappa shape index (κ3) is 2.82. The number of rotatable bonds is 3. The Morgan fingerprint density at radius 2 is 1.86 bits per heavy atom. The Morgan fingerprint density at radius 1 is 1.14 bits per heavy atom. The molecule has 1 aromatic carbocycles. The first-order chi connectivity index (χ1) is 10.2. The lowest BCUT2D eigenvalue weighted by atomic mass is 9.90. The van der Waals surface area contributed by atoms with Crippen molar-refractivity contribution < 1.29 is 5.11 Å². The van der Waals surface area contributed by atoms with Crippen molar-refractivity contribution >= 4 is 0 Å². The van der Waals surface area contributed by atoms with E-state index in [1.54, 1.807) is 0 Å². The molecule has 3 aliphatic rings. The molecule has 1 aromatic rings. The summed E-state index contributed by atoms with van der Waals surface area (Å²) in [6.45, 7) is 3.41. The van der Waals surface area contributed by atoms with Crippen LogP contribution < -0.4 is 5.32 Å². The van der Waals surface area contributed by atoms with Crippen LogP contribution in [0, 0.1) is 5.92 Å². The second kappa shape index (κ2) is 5.29. The molecule has 0 bridgehead atoms. The molecule has 114 valence electrons. The Morgan fingerprint density at radius 3 is 2.52 bits per heavy atom. The minimum atomic E-state index is 0.366. The van der Waals surface area contributed by atoms with Gasteiger partial charge in [0.25, 0.3) is 0 Å². The summed E-state index contributed by atoms with van der Waals surface area (Å²) in [5.74, 6) is 1.28. The molecule has 3 nitrogen and oxygen atoms in total. The van der Waals surface area contributed by atoms with Crippen molar-refractivity contribution in [2.24, 2.45) is 5.92 Å². The van der Waals surface area contributed by atoms with Gasteiger partial charge in [0, 0.05) is 31.2 Å². The molecular weight excluding hydrogens is 260 g/mol. The largest absolute Gasteiger partial charge is 0.508 e. The average Bonchev–Trinajstić information content (AvgIpc) is 3.23. The van der Waals surface area contributed by atoms with Crippen LogP contribution in [0.2, 0.25) is 0 Å². The summed E-state index contributed by atoms with van der Waals surface area (Å²) in [5.41, 5.74) is 1.72. The van der Waals surface area contributed by atoms with Gasteiger partial charge in [0.05, 0.1) is 0 Å². The SMILES string of the molecule is Oc1ccc(CN2CC3(CCCC3)NCC2C2CC2)cc1. The fourth-order valence-corrected chi connectivity index (χ4v) is 4.35. The van der Waals surface area contributed by atoms with Crippen LogP contribution in [0.3, 0.4) is 0 Å². The number of hydrogen-bond acceptors (Lipinski definition) is 3. The number of phenols is 1. The maximum Gasteiger partial charge on any atom is 0.115 e. The number of piperazine rings is 1. The number of benzene rings is 1. The zero-order valence-corrected chi connectivity index (χ0v) is 12.7. The minimum absolute atomic E-state index is 0.366. The topological polar surface area (TPSA) is 35.5 Å². The number of hydrogen-bond donors (Lipinski definition) is 2. The molecule has 2 N–H and O–H groups in total. The van der Waals surface area contributed by atoms with Crippen molar-refractivity contribution in [2.75, 3.05) is 13.1 Å². The molecule has 1 saturated heterocycles. The number of phenolic OH excluding ortho intramolecular Hbond substituents is 1. The van der Waals surface area contributed by atoms with Crippen molar-refractivity contribution in [1.82, 2.24) is 10.2 Å². The molecule has 2 saturated carbocycles. The molecule has 2 aliphatic carbocycles. The van der Waals surface area contributed by atoms with Gasteiger partial charge in [-0.25, -0.2) is 0 Å². The van der Waals surface area contributed by atoms with Crippen molar-refractivity contribution in [1.29, 1.82) is 0 Å². The summed E-state index contributed by atoms with van der Waals surface area (Å²) in [6.07, 6.45) is 8.27. The van der Waals surface area contributed by atoms with Crippen LogP contribution in [-0.4, -0.2) is 34.7 Å². The molecule has 0 amide bonds. The Labute approximate surface area is 127 Å². The van der Waals surface area contributed by atoms with Crippen LogP contribution in [0.15, 0.2) is 24.3 Å². The fourth-order valence-electron chi connectivity index (χ4n) is 4.35. The van der Waals surface area contributed by atoms with Gasteiger partial charge in [-0.3, -0.25) is 4.90 Å². The minimum Gasteiger partial charge on any atom is -0.508 e. The van der Waals surface area contributed by atoms with E-state index in [-0.39, 0.29) is 0 Å². The maximum absolute atomic E-state index is 9.46. The van der Waals surface area contributed by atoms with Gasteiger partial charge in [-0.1, -0.05) is 25.0 Å². The van der Waals surface area contributed by atoms with Gasteiger partial charge < -0.3 is 10.4 Å². The highest BCUT2D eigenvalue weighted by Crippen LogP contribution is 2.41. The van der Waals surface area contributed by atoms with E-state index in [1.165, 1.54) is 57.2 Å². The van der Waals surface area contributed by atoms with E-state index in [0.717, 1.165) is 12.5 Å². The summed E-state index contributed by atoms with van der Waals surface area (Å²) >= 11 is 0. The highest BCUT2D eigenvalue weighted by Gasteiger charge is 2.45. The number of nitrogens with one attached hydrogen (secondary N) is 1. The van der Waals surface area contributed by atoms with Gasteiger partial charge in [-0.15, -0.1) is 0 Å². The van der Waals surface area contributed by atoms with Gasteiger partial charge in [0.2, 0.25) is 0 Å². The predicted octanol–water partition coefficient (Wildman–Crippen LogP) is 2.89. The van der Waals surface area contributed by atoms with Crippen molar-refractivity contribution in [2.45, 2.75) is 56.7 Å². The molecule has 3 heteroatoms. The maximum atomic E-state index is 9.46. The molecule has 3 fully saturated rings. The van der Waals surface area contributed by atoms with Gasteiger partial charge in [-0.2, -0.15) is 0 Å². The highest BCUT2D eigenvalue weighted by atomic mass is 16.3. The average molecular weight is 286 g/mol. The van der Waals surface area contributed by atoms with E-state index >= 15 is 0 Å². The van der Waals surface area contributed by atoms with Crippen LogP contribution >= 0.6 is 0 Å².